The van der Waals surface area contributed by atoms with Crippen molar-refractivity contribution in [1.82, 2.24) is 9.88 Å². The predicted octanol–water partition coefficient (Wildman–Crippen LogP) is 4.13. The maximum Gasteiger partial charge on any atom is 0.274 e. The van der Waals surface area contributed by atoms with Crippen molar-refractivity contribution < 1.29 is 9.59 Å². The number of pyridine rings is 1. The monoisotopic (exact) mass is 365 g/mol. The average molecular weight is 365 g/mol. The molecule has 0 spiro atoms. The van der Waals surface area contributed by atoms with Crippen molar-refractivity contribution in [3.05, 3.63) is 58.4 Å². The number of nitrogens with zero attached hydrogens (tertiary/aromatic N) is 2. The van der Waals surface area contributed by atoms with Crippen LogP contribution in [-0.4, -0.2) is 34.8 Å². The molecule has 3 rings (SSSR count). The molecule has 1 fully saturated rings. The Balaban J connectivity index is 1.77. The number of rotatable bonds is 3. The largest absolute Gasteiger partial charge is 0.337 e. The molecule has 0 saturated carbocycles. The van der Waals surface area contributed by atoms with Crippen LogP contribution in [-0.2, 0) is 0 Å². The van der Waals surface area contributed by atoms with Crippen molar-refractivity contribution in [3.63, 3.8) is 0 Å². The van der Waals surface area contributed by atoms with Crippen LogP contribution in [0.25, 0.3) is 0 Å². The molecule has 0 radical (unpaired) electrons. The van der Waals surface area contributed by atoms with E-state index >= 15 is 0 Å². The van der Waals surface area contributed by atoms with E-state index in [4.69, 9.17) is 0 Å². The van der Waals surface area contributed by atoms with Gasteiger partial charge in [-0.2, -0.15) is 0 Å². The molecule has 1 aliphatic rings. The molecule has 1 aliphatic heterocycles. The number of aromatic nitrogens is 1. The summed E-state index contributed by atoms with van der Waals surface area (Å²) >= 11 is 0. The minimum Gasteiger partial charge on any atom is -0.337 e. The van der Waals surface area contributed by atoms with Gasteiger partial charge in [-0.15, -0.1) is 0 Å². The van der Waals surface area contributed by atoms with Gasteiger partial charge < -0.3 is 10.2 Å². The molecule has 2 heterocycles. The number of piperidine rings is 1. The summed E-state index contributed by atoms with van der Waals surface area (Å²) in [5.41, 5.74) is 4.56. The molecular formula is C22H27N3O2. The number of likely N-dealkylation sites (tertiary alicyclic amines) is 1. The Kier molecular flexibility index (Phi) is 5.59. The van der Waals surface area contributed by atoms with Crippen molar-refractivity contribution >= 4 is 17.5 Å². The molecule has 2 aromatic rings. The maximum absolute atomic E-state index is 12.7. The second-order valence-electron chi connectivity index (χ2n) is 7.61. The molecule has 5 heteroatoms. The highest BCUT2D eigenvalue weighted by molar-refractivity contribution is 6.04. The van der Waals surface area contributed by atoms with E-state index in [1.165, 1.54) is 0 Å². The molecular weight excluding hydrogens is 338 g/mol. The number of hydrogen-bond donors (Lipinski definition) is 1. The molecule has 0 unspecified atom stereocenters. The highest BCUT2D eigenvalue weighted by Gasteiger charge is 2.23. The molecule has 1 aromatic heterocycles. The summed E-state index contributed by atoms with van der Waals surface area (Å²) in [6.07, 6.45) is 2.02. The van der Waals surface area contributed by atoms with Gasteiger partial charge in [0.25, 0.3) is 11.8 Å². The Labute approximate surface area is 160 Å². The minimum atomic E-state index is -0.299. The molecule has 1 N–H and O–H groups in total. The summed E-state index contributed by atoms with van der Waals surface area (Å²) < 4.78 is 0. The van der Waals surface area contributed by atoms with Crippen LogP contribution in [0.15, 0.2) is 30.3 Å². The lowest BCUT2D eigenvalue weighted by atomic mass is 9.99. The van der Waals surface area contributed by atoms with Crippen LogP contribution in [0.1, 0.15) is 57.4 Å². The summed E-state index contributed by atoms with van der Waals surface area (Å²) in [4.78, 5) is 31.6. The first-order chi connectivity index (χ1) is 12.8. The number of hydrogen-bond acceptors (Lipinski definition) is 3. The van der Waals surface area contributed by atoms with Crippen LogP contribution in [0.2, 0.25) is 0 Å². The van der Waals surface area contributed by atoms with Gasteiger partial charge in [0, 0.05) is 18.8 Å². The SMILES string of the molecule is Cc1cc(C)c(NC(=O)c2cccc(C(=O)N3CCC(C)CC3)n2)c(C)c1. The summed E-state index contributed by atoms with van der Waals surface area (Å²) in [6, 6.07) is 9.11. The normalized spacial score (nSPS) is 14.9. The lowest BCUT2D eigenvalue weighted by Crippen LogP contribution is -2.38. The molecule has 0 aliphatic carbocycles. The highest BCUT2D eigenvalue weighted by atomic mass is 16.2. The third-order valence-corrected chi connectivity index (χ3v) is 5.19. The van der Waals surface area contributed by atoms with Gasteiger partial charge in [-0.25, -0.2) is 4.98 Å². The van der Waals surface area contributed by atoms with E-state index in [0.29, 0.717) is 11.6 Å². The van der Waals surface area contributed by atoms with Crippen molar-refractivity contribution in [3.8, 4) is 0 Å². The molecule has 1 saturated heterocycles. The highest BCUT2D eigenvalue weighted by Crippen LogP contribution is 2.23. The van der Waals surface area contributed by atoms with E-state index in [0.717, 1.165) is 48.3 Å². The van der Waals surface area contributed by atoms with Crippen molar-refractivity contribution in [2.75, 3.05) is 18.4 Å². The fourth-order valence-corrected chi connectivity index (χ4v) is 3.61. The van der Waals surface area contributed by atoms with Gasteiger partial charge >= 0.3 is 0 Å². The van der Waals surface area contributed by atoms with Crippen LogP contribution in [0.4, 0.5) is 5.69 Å². The van der Waals surface area contributed by atoms with Crippen molar-refractivity contribution in [1.29, 1.82) is 0 Å². The van der Waals surface area contributed by atoms with E-state index in [1.807, 2.05) is 37.8 Å². The molecule has 2 amide bonds. The number of aryl methyl sites for hydroxylation is 3. The van der Waals surface area contributed by atoms with Crippen molar-refractivity contribution in [2.24, 2.45) is 5.92 Å². The molecule has 0 bridgehead atoms. The molecule has 5 nitrogen and oxygen atoms in total. The minimum absolute atomic E-state index is 0.0979. The van der Waals surface area contributed by atoms with E-state index < -0.39 is 0 Å². The lowest BCUT2D eigenvalue weighted by molar-refractivity contribution is 0.0691. The van der Waals surface area contributed by atoms with Crippen LogP contribution in [0.5, 0.6) is 0 Å². The van der Waals surface area contributed by atoms with Gasteiger partial charge in [0.05, 0.1) is 0 Å². The summed E-state index contributed by atoms with van der Waals surface area (Å²) in [6.45, 7) is 9.68. The standard InChI is InChI=1S/C22H27N3O2/c1-14-8-10-25(11-9-14)22(27)19-7-5-6-18(23-19)21(26)24-20-16(3)12-15(2)13-17(20)4/h5-7,12-14H,8-11H2,1-4H3,(H,24,26). The van der Waals surface area contributed by atoms with E-state index in [2.05, 4.69) is 17.2 Å². The second-order valence-corrected chi connectivity index (χ2v) is 7.61. The van der Waals surface area contributed by atoms with Gasteiger partial charge in [-0.1, -0.05) is 30.7 Å². The third-order valence-electron chi connectivity index (χ3n) is 5.19. The lowest BCUT2D eigenvalue weighted by Gasteiger charge is -2.30. The van der Waals surface area contributed by atoms with E-state index in [1.54, 1.807) is 18.2 Å². The molecule has 1 aromatic carbocycles. The Morgan fingerprint density at radius 2 is 1.63 bits per heavy atom. The number of nitrogens with one attached hydrogen (secondary N) is 1. The van der Waals surface area contributed by atoms with Crippen LogP contribution >= 0.6 is 0 Å². The zero-order valence-corrected chi connectivity index (χ0v) is 16.5. The Morgan fingerprint density at radius 3 is 2.26 bits per heavy atom. The first kappa shape index (κ1) is 19.1. The summed E-state index contributed by atoms with van der Waals surface area (Å²) in [5.74, 6) is 0.256. The molecule has 0 atom stereocenters. The number of anilines is 1. The van der Waals surface area contributed by atoms with Gasteiger partial charge in [0.2, 0.25) is 0 Å². The van der Waals surface area contributed by atoms with Crippen LogP contribution < -0.4 is 5.32 Å². The summed E-state index contributed by atoms with van der Waals surface area (Å²) in [5, 5.41) is 2.95. The number of carbonyl (C=O) groups is 2. The van der Waals surface area contributed by atoms with Crippen molar-refractivity contribution in [2.45, 2.75) is 40.5 Å². The zero-order chi connectivity index (χ0) is 19.6. The molecule has 27 heavy (non-hydrogen) atoms. The smallest absolute Gasteiger partial charge is 0.274 e. The Morgan fingerprint density at radius 1 is 1.04 bits per heavy atom. The predicted molar refractivity (Wildman–Crippen MR) is 107 cm³/mol. The number of carbonyl (C=O) groups excluding carboxylic acids is 2. The van der Waals surface area contributed by atoms with E-state index in [-0.39, 0.29) is 17.5 Å². The van der Waals surface area contributed by atoms with Gasteiger partial charge in [0.1, 0.15) is 11.4 Å². The van der Waals surface area contributed by atoms with Gasteiger partial charge in [0.15, 0.2) is 0 Å². The maximum atomic E-state index is 12.7. The quantitative estimate of drug-likeness (QED) is 0.889. The summed E-state index contributed by atoms with van der Waals surface area (Å²) in [7, 11) is 0. The van der Waals surface area contributed by atoms with Crippen LogP contribution in [0.3, 0.4) is 0 Å². The Hall–Kier alpha value is -2.69. The van der Waals surface area contributed by atoms with Crippen LogP contribution in [0, 0.1) is 26.7 Å². The van der Waals surface area contributed by atoms with E-state index in [9.17, 15) is 9.59 Å². The number of benzene rings is 1. The zero-order valence-electron chi connectivity index (χ0n) is 16.5. The average Bonchev–Trinajstić information content (AvgIpc) is 2.64. The van der Waals surface area contributed by atoms with Gasteiger partial charge in [-0.05, 0) is 62.8 Å². The first-order valence-electron chi connectivity index (χ1n) is 9.50. The number of amides is 2. The van der Waals surface area contributed by atoms with Gasteiger partial charge in [-0.3, -0.25) is 9.59 Å². The topological polar surface area (TPSA) is 62.3 Å². The Bertz CT molecular complexity index is 845. The fraction of sp³-hybridized carbons (Fsp3) is 0.409. The fourth-order valence-electron chi connectivity index (χ4n) is 3.61. The molecule has 142 valence electrons. The first-order valence-corrected chi connectivity index (χ1v) is 9.50. The second kappa shape index (κ2) is 7.91. The third kappa shape index (κ3) is 4.35.